The van der Waals surface area contributed by atoms with E-state index in [2.05, 4.69) is 10.6 Å². The van der Waals surface area contributed by atoms with E-state index < -0.39 is 0 Å². The van der Waals surface area contributed by atoms with Crippen LogP contribution in [-0.2, 0) is 16.0 Å². The summed E-state index contributed by atoms with van der Waals surface area (Å²) in [6, 6.07) is 14.8. The van der Waals surface area contributed by atoms with Crippen molar-refractivity contribution in [2.24, 2.45) is 0 Å². The predicted molar refractivity (Wildman–Crippen MR) is 95.9 cm³/mol. The van der Waals surface area contributed by atoms with Crippen LogP contribution in [0.3, 0.4) is 0 Å². The molecule has 0 saturated carbocycles. The molecule has 0 saturated heterocycles. The summed E-state index contributed by atoms with van der Waals surface area (Å²) >= 11 is 0. The molecule has 0 aliphatic rings. The van der Waals surface area contributed by atoms with Gasteiger partial charge in [-0.1, -0.05) is 30.3 Å². The van der Waals surface area contributed by atoms with Crippen LogP contribution in [0.1, 0.15) is 12.0 Å². The van der Waals surface area contributed by atoms with Crippen molar-refractivity contribution in [1.29, 1.82) is 0 Å². The molecular weight excluding hydrogens is 320 g/mol. The maximum atomic E-state index is 11.9. The highest BCUT2D eigenvalue weighted by atomic mass is 16.5. The number of rotatable bonds is 8. The van der Waals surface area contributed by atoms with E-state index in [1.165, 1.54) is 7.11 Å². The zero-order valence-corrected chi connectivity index (χ0v) is 14.4. The van der Waals surface area contributed by atoms with Crippen LogP contribution in [0.2, 0.25) is 0 Å². The van der Waals surface area contributed by atoms with Crippen molar-refractivity contribution in [3.8, 4) is 11.5 Å². The summed E-state index contributed by atoms with van der Waals surface area (Å²) in [5.41, 5.74) is 1.66. The molecule has 0 aromatic heterocycles. The minimum Gasteiger partial charge on any atom is -0.493 e. The van der Waals surface area contributed by atoms with Gasteiger partial charge >= 0.3 is 0 Å². The van der Waals surface area contributed by atoms with Gasteiger partial charge in [-0.2, -0.15) is 0 Å². The van der Waals surface area contributed by atoms with Crippen molar-refractivity contribution in [1.82, 2.24) is 5.32 Å². The van der Waals surface area contributed by atoms with Crippen LogP contribution in [0.15, 0.2) is 48.5 Å². The summed E-state index contributed by atoms with van der Waals surface area (Å²) in [5, 5.41) is 5.33. The number of ether oxygens (including phenoxy) is 2. The summed E-state index contributed by atoms with van der Waals surface area (Å²) in [7, 11) is 3.07. The van der Waals surface area contributed by atoms with Crippen molar-refractivity contribution >= 4 is 17.5 Å². The van der Waals surface area contributed by atoms with Gasteiger partial charge in [0.2, 0.25) is 11.8 Å². The normalized spacial score (nSPS) is 10.0. The van der Waals surface area contributed by atoms with Crippen molar-refractivity contribution in [2.75, 3.05) is 26.1 Å². The molecular formula is C19H22N2O4. The number of carbonyl (C=O) groups excluding carboxylic acids is 2. The number of aryl methyl sites for hydroxylation is 1. The maximum Gasteiger partial charge on any atom is 0.243 e. The Kier molecular flexibility index (Phi) is 6.83. The van der Waals surface area contributed by atoms with Crippen molar-refractivity contribution in [3.05, 3.63) is 54.1 Å². The first-order valence-corrected chi connectivity index (χ1v) is 7.95. The minimum atomic E-state index is -0.305. The average molecular weight is 342 g/mol. The van der Waals surface area contributed by atoms with Crippen LogP contribution in [0.5, 0.6) is 11.5 Å². The molecule has 25 heavy (non-hydrogen) atoms. The molecule has 0 bridgehead atoms. The Bertz CT molecular complexity index is 717. The molecule has 6 nitrogen and oxygen atoms in total. The van der Waals surface area contributed by atoms with E-state index >= 15 is 0 Å². The first-order valence-electron chi connectivity index (χ1n) is 7.95. The van der Waals surface area contributed by atoms with E-state index in [9.17, 15) is 9.59 Å². The second kappa shape index (κ2) is 9.32. The summed E-state index contributed by atoms with van der Waals surface area (Å²) in [4.78, 5) is 23.8. The maximum absolute atomic E-state index is 11.9. The van der Waals surface area contributed by atoms with Crippen LogP contribution in [0.4, 0.5) is 5.69 Å². The molecule has 0 fully saturated rings. The molecule has 2 N–H and O–H groups in total. The SMILES string of the molecule is COc1ccc(NC(=O)CNC(=O)CCc2ccccc2)cc1OC. The number of nitrogens with one attached hydrogen (secondary N) is 2. The second-order valence-electron chi connectivity index (χ2n) is 5.38. The number of methoxy groups -OCH3 is 2. The number of amides is 2. The lowest BCUT2D eigenvalue weighted by molar-refractivity contribution is -0.124. The van der Waals surface area contributed by atoms with Crippen molar-refractivity contribution in [3.63, 3.8) is 0 Å². The summed E-state index contributed by atoms with van der Waals surface area (Å²) in [6.07, 6.45) is 0.984. The van der Waals surface area contributed by atoms with Gasteiger partial charge in [0.1, 0.15) is 0 Å². The van der Waals surface area contributed by atoms with Crippen LogP contribution < -0.4 is 20.1 Å². The highest BCUT2D eigenvalue weighted by molar-refractivity contribution is 5.94. The van der Waals surface area contributed by atoms with Crippen LogP contribution in [0, 0.1) is 0 Å². The highest BCUT2D eigenvalue weighted by Crippen LogP contribution is 2.29. The van der Waals surface area contributed by atoms with Gasteiger partial charge in [-0.15, -0.1) is 0 Å². The van der Waals surface area contributed by atoms with Crippen molar-refractivity contribution in [2.45, 2.75) is 12.8 Å². The Hall–Kier alpha value is -3.02. The molecule has 2 aromatic carbocycles. The van der Waals surface area contributed by atoms with Gasteiger partial charge < -0.3 is 20.1 Å². The molecule has 0 spiro atoms. The average Bonchev–Trinajstić information content (AvgIpc) is 2.65. The first-order chi connectivity index (χ1) is 12.1. The van der Waals surface area contributed by atoms with Gasteiger partial charge in [0.25, 0.3) is 0 Å². The Morgan fingerprint density at radius 3 is 2.32 bits per heavy atom. The van der Waals surface area contributed by atoms with Crippen molar-refractivity contribution < 1.29 is 19.1 Å². The molecule has 2 rings (SSSR count). The summed E-state index contributed by atoms with van der Waals surface area (Å²) in [5.74, 6) is 0.633. The van der Waals surface area contributed by atoms with E-state index in [0.29, 0.717) is 30.0 Å². The van der Waals surface area contributed by atoms with Crippen LogP contribution in [0.25, 0.3) is 0 Å². The van der Waals surface area contributed by atoms with Gasteiger partial charge in [-0.05, 0) is 24.1 Å². The van der Waals surface area contributed by atoms with E-state index in [4.69, 9.17) is 9.47 Å². The molecule has 0 heterocycles. The Balaban J connectivity index is 1.77. The molecule has 132 valence electrons. The standard InChI is InChI=1S/C19H22N2O4/c1-24-16-10-9-15(12-17(16)25-2)21-19(23)13-20-18(22)11-8-14-6-4-3-5-7-14/h3-7,9-10,12H,8,11,13H2,1-2H3,(H,20,22)(H,21,23). The Labute approximate surface area is 147 Å². The molecule has 2 amide bonds. The topological polar surface area (TPSA) is 76.7 Å². The Morgan fingerprint density at radius 2 is 1.64 bits per heavy atom. The van der Waals surface area contributed by atoms with Crippen LogP contribution in [-0.4, -0.2) is 32.6 Å². The second-order valence-corrected chi connectivity index (χ2v) is 5.38. The van der Waals surface area contributed by atoms with E-state index in [1.807, 2.05) is 30.3 Å². The zero-order valence-electron chi connectivity index (χ0n) is 14.4. The molecule has 2 aromatic rings. The van der Waals surface area contributed by atoms with Gasteiger partial charge in [0, 0.05) is 18.2 Å². The lowest BCUT2D eigenvalue weighted by Crippen LogP contribution is -2.32. The number of anilines is 1. The Morgan fingerprint density at radius 1 is 0.920 bits per heavy atom. The third-order valence-corrected chi connectivity index (χ3v) is 3.60. The fourth-order valence-corrected chi connectivity index (χ4v) is 2.29. The summed E-state index contributed by atoms with van der Waals surface area (Å²) < 4.78 is 10.3. The van der Waals surface area contributed by atoms with E-state index in [-0.39, 0.29) is 18.4 Å². The van der Waals surface area contributed by atoms with E-state index in [0.717, 1.165) is 5.56 Å². The highest BCUT2D eigenvalue weighted by Gasteiger charge is 2.09. The number of benzene rings is 2. The summed E-state index contributed by atoms with van der Waals surface area (Å²) in [6.45, 7) is -0.0814. The molecule has 0 aliphatic heterocycles. The molecule has 0 aliphatic carbocycles. The third-order valence-electron chi connectivity index (χ3n) is 3.60. The first kappa shape index (κ1) is 18.3. The van der Waals surface area contributed by atoms with Gasteiger partial charge in [0.15, 0.2) is 11.5 Å². The largest absolute Gasteiger partial charge is 0.493 e. The monoisotopic (exact) mass is 342 g/mol. The lowest BCUT2D eigenvalue weighted by atomic mass is 10.1. The van der Waals surface area contributed by atoms with Gasteiger partial charge in [-0.25, -0.2) is 0 Å². The minimum absolute atomic E-state index is 0.0814. The predicted octanol–water partition coefficient (Wildman–Crippen LogP) is 2.39. The number of carbonyl (C=O) groups is 2. The van der Waals surface area contributed by atoms with Gasteiger partial charge in [0.05, 0.1) is 20.8 Å². The zero-order chi connectivity index (χ0) is 18.1. The number of hydrogen-bond acceptors (Lipinski definition) is 4. The van der Waals surface area contributed by atoms with Gasteiger partial charge in [-0.3, -0.25) is 9.59 Å². The van der Waals surface area contributed by atoms with E-state index in [1.54, 1.807) is 25.3 Å². The van der Waals surface area contributed by atoms with Crippen LogP contribution >= 0.6 is 0 Å². The molecule has 0 radical (unpaired) electrons. The fraction of sp³-hybridized carbons (Fsp3) is 0.263. The quantitative estimate of drug-likeness (QED) is 0.772. The molecule has 0 unspecified atom stereocenters. The fourth-order valence-electron chi connectivity index (χ4n) is 2.29. The smallest absolute Gasteiger partial charge is 0.243 e. The third kappa shape index (κ3) is 5.84. The number of hydrogen-bond donors (Lipinski definition) is 2. The molecule has 6 heteroatoms. The lowest BCUT2D eigenvalue weighted by Gasteiger charge is -2.11. The molecule has 0 atom stereocenters.